The van der Waals surface area contributed by atoms with Crippen molar-refractivity contribution in [2.24, 2.45) is 0 Å². The molecule has 0 saturated heterocycles. The van der Waals surface area contributed by atoms with E-state index in [0.29, 0.717) is 24.3 Å². The predicted molar refractivity (Wildman–Crippen MR) is 112 cm³/mol. The lowest BCUT2D eigenvalue weighted by Crippen LogP contribution is -3.08. The molecule has 2 aromatic carbocycles. The number of carbonyl (C=O) groups excluding carboxylic acids is 1. The second-order valence-electron chi connectivity index (χ2n) is 7.39. The van der Waals surface area contributed by atoms with Crippen LogP contribution in [-0.4, -0.2) is 24.5 Å². The average molecular weight is 417 g/mol. The van der Waals surface area contributed by atoms with Crippen molar-refractivity contribution < 1.29 is 18.5 Å². The van der Waals surface area contributed by atoms with Crippen LogP contribution in [0.5, 0.6) is 0 Å². The maximum atomic E-state index is 13.4. The zero-order chi connectivity index (χ0) is 21.1. The number of halogens is 2. The number of aryl methyl sites for hydroxylation is 3. The monoisotopic (exact) mass is 416 g/mol. The Morgan fingerprint density at radius 3 is 2.45 bits per heavy atom. The van der Waals surface area contributed by atoms with Crippen LogP contribution in [0.1, 0.15) is 21.7 Å². The van der Waals surface area contributed by atoms with Gasteiger partial charge in [-0.15, -0.1) is 11.3 Å². The smallest absolute Gasteiger partial charge is 0.279 e. The standard InChI is InChI=1S/C22H23F2N3OS/c1-13-7-14(2)22(15(3)8-13)26-20(28)10-27(4)11-21-25-19(12-29-21)16-5-6-17(23)18(24)9-16/h5-9,12H,10-11H2,1-4H3,(H,26,28)/p+1. The number of hydrogen-bond donors (Lipinski definition) is 2. The molecule has 2 N–H and O–H groups in total. The number of anilines is 1. The lowest BCUT2D eigenvalue weighted by atomic mass is 10.1. The van der Waals surface area contributed by atoms with Crippen LogP contribution >= 0.6 is 11.3 Å². The van der Waals surface area contributed by atoms with Gasteiger partial charge in [-0.3, -0.25) is 4.79 Å². The fourth-order valence-corrected chi connectivity index (χ4v) is 4.25. The van der Waals surface area contributed by atoms with E-state index in [-0.39, 0.29) is 5.91 Å². The van der Waals surface area contributed by atoms with Gasteiger partial charge in [0, 0.05) is 16.6 Å². The van der Waals surface area contributed by atoms with Gasteiger partial charge in [0.1, 0.15) is 11.6 Å². The summed E-state index contributed by atoms with van der Waals surface area (Å²) >= 11 is 1.44. The summed E-state index contributed by atoms with van der Waals surface area (Å²) in [5.74, 6) is -1.83. The highest BCUT2D eigenvalue weighted by Crippen LogP contribution is 2.23. The Morgan fingerprint density at radius 2 is 1.79 bits per heavy atom. The molecule has 0 aliphatic rings. The normalized spacial score (nSPS) is 12.1. The Balaban J connectivity index is 1.61. The second kappa shape index (κ2) is 8.80. The van der Waals surface area contributed by atoms with E-state index in [0.717, 1.165) is 38.9 Å². The number of amides is 1. The van der Waals surface area contributed by atoms with Crippen molar-refractivity contribution in [3.8, 4) is 11.3 Å². The maximum Gasteiger partial charge on any atom is 0.279 e. The summed E-state index contributed by atoms with van der Waals surface area (Å²) in [5, 5.41) is 5.66. The molecule has 1 atom stereocenters. The number of aromatic nitrogens is 1. The minimum atomic E-state index is -0.891. The van der Waals surface area contributed by atoms with E-state index < -0.39 is 11.6 Å². The van der Waals surface area contributed by atoms with Gasteiger partial charge in [0.05, 0.1) is 12.7 Å². The lowest BCUT2D eigenvalue weighted by molar-refractivity contribution is -0.885. The quantitative estimate of drug-likeness (QED) is 0.644. The van der Waals surface area contributed by atoms with Crippen LogP contribution < -0.4 is 10.2 Å². The van der Waals surface area contributed by atoms with E-state index in [4.69, 9.17) is 0 Å². The number of carbonyl (C=O) groups is 1. The van der Waals surface area contributed by atoms with Gasteiger partial charge < -0.3 is 10.2 Å². The van der Waals surface area contributed by atoms with E-state index in [1.165, 1.54) is 23.0 Å². The number of hydrogen-bond acceptors (Lipinski definition) is 3. The first-order chi connectivity index (χ1) is 13.7. The molecular weight excluding hydrogens is 392 g/mol. The molecule has 0 radical (unpaired) electrons. The Hall–Kier alpha value is -2.64. The molecule has 1 unspecified atom stereocenters. The van der Waals surface area contributed by atoms with E-state index in [1.54, 1.807) is 0 Å². The molecule has 4 nitrogen and oxygen atoms in total. The van der Waals surface area contributed by atoms with Gasteiger partial charge >= 0.3 is 0 Å². The molecule has 1 aromatic heterocycles. The minimum Gasteiger partial charge on any atom is -0.324 e. The zero-order valence-corrected chi connectivity index (χ0v) is 17.7. The molecular formula is C22H24F2N3OS+. The lowest BCUT2D eigenvalue weighted by Gasteiger charge is -2.15. The first-order valence-corrected chi connectivity index (χ1v) is 10.2. The second-order valence-corrected chi connectivity index (χ2v) is 8.33. The minimum absolute atomic E-state index is 0.0602. The first kappa shape index (κ1) is 21.1. The summed E-state index contributed by atoms with van der Waals surface area (Å²) < 4.78 is 26.5. The van der Waals surface area contributed by atoms with Crippen molar-refractivity contribution in [3.63, 3.8) is 0 Å². The summed E-state index contributed by atoms with van der Waals surface area (Å²) in [4.78, 5) is 18.0. The highest BCUT2D eigenvalue weighted by Gasteiger charge is 2.16. The van der Waals surface area contributed by atoms with Crippen LogP contribution in [0.2, 0.25) is 0 Å². The molecule has 1 heterocycles. The Bertz CT molecular complexity index is 1030. The van der Waals surface area contributed by atoms with Gasteiger partial charge in [0.15, 0.2) is 18.2 Å². The largest absolute Gasteiger partial charge is 0.324 e. The van der Waals surface area contributed by atoms with Crippen molar-refractivity contribution in [3.05, 3.63) is 69.0 Å². The van der Waals surface area contributed by atoms with E-state index >= 15 is 0 Å². The van der Waals surface area contributed by atoms with Crippen LogP contribution in [0.25, 0.3) is 11.3 Å². The highest BCUT2D eigenvalue weighted by atomic mass is 32.1. The Morgan fingerprint density at radius 1 is 1.10 bits per heavy atom. The van der Waals surface area contributed by atoms with Gasteiger partial charge in [-0.25, -0.2) is 13.8 Å². The van der Waals surface area contributed by atoms with E-state index in [1.807, 2.05) is 33.2 Å². The van der Waals surface area contributed by atoms with Gasteiger partial charge in [-0.1, -0.05) is 17.7 Å². The SMILES string of the molecule is Cc1cc(C)c(NC(=O)C[NH+](C)Cc2nc(-c3ccc(F)c(F)c3)cs2)c(C)c1. The molecule has 0 saturated carbocycles. The topological polar surface area (TPSA) is 46.4 Å². The number of nitrogens with zero attached hydrogens (tertiary/aromatic N) is 1. The van der Waals surface area contributed by atoms with Crippen LogP contribution in [0.3, 0.4) is 0 Å². The maximum absolute atomic E-state index is 13.4. The molecule has 29 heavy (non-hydrogen) atoms. The van der Waals surface area contributed by atoms with Crippen molar-refractivity contribution in [2.75, 3.05) is 18.9 Å². The number of quaternary nitrogens is 1. The Kier molecular flexibility index (Phi) is 6.39. The number of likely N-dealkylation sites (N-methyl/N-ethyl adjacent to an activating group) is 1. The number of rotatable bonds is 6. The molecule has 7 heteroatoms. The van der Waals surface area contributed by atoms with E-state index in [2.05, 4.69) is 22.4 Å². The molecule has 0 aliphatic carbocycles. The van der Waals surface area contributed by atoms with Crippen molar-refractivity contribution in [1.82, 2.24) is 4.98 Å². The summed E-state index contributed by atoms with van der Waals surface area (Å²) in [6, 6.07) is 7.85. The number of thiazole rings is 1. The van der Waals surface area contributed by atoms with Crippen molar-refractivity contribution in [2.45, 2.75) is 27.3 Å². The molecule has 0 bridgehead atoms. The summed E-state index contributed by atoms with van der Waals surface area (Å²) in [6.07, 6.45) is 0. The fourth-order valence-electron chi connectivity index (χ4n) is 3.34. The average Bonchev–Trinajstić information content (AvgIpc) is 3.08. The summed E-state index contributed by atoms with van der Waals surface area (Å²) in [6.45, 7) is 6.87. The summed E-state index contributed by atoms with van der Waals surface area (Å²) in [5.41, 5.74) is 5.26. The first-order valence-electron chi connectivity index (χ1n) is 9.31. The Labute approximate surface area is 173 Å². The molecule has 0 aliphatic heterocycles. The van der Waals surface area contributed by atoms with Crippen molar-refractivity contribution in [1.29, 1.82) is 0 Å². The highest BCUT2D eigenvalue weighted by molar-refractivity contribution is 7.09. The van der Waals surface area contributed by atoms with Gasteiger partial charge in [0.25, 0.3) is 5.91 Å². The molecule has 0 fully saturated rings. The van der Waals surface area contributed by atoms with Crippen molar-refractivity contribution >= 4 is 22.9 Å². The van der Waals surface area contributed by atoms with Crippen LogP contribution in [0.4, 0.5) is 14.5 Å². The predicted octanol–water partition coefficient (Wildman–Crippen LogP) is 3.67. The third-order valence-corrected chi connectivity index (χ3v) is 5.47. The van der Waals surface area contributed by atoms with Crippen LogP contribution in [-0.2, 0) is 11.3 Å². The molecule has 1 amide bonds. The fraction of sp³-hybridized carbons (Fsp3) is 0.273. The molecule has 3 aromatic rings. The number of nitrogens with one attached hydrogen (secondary N) is 2. The molecule has 3 rings (SSSR count). The van der Waals surface area contributed by atoms with Crippen LogP contribution in [0.15, 0.2) is 35.7 Å². The van der Waals surface area contributed by atoms with E-state index in [9.17, 15) is 13.6 Å². The van der Waals surface area contributed by atoms with Gasteiger partial charge in [-0.2, -0.15) is 0 Å². The number of benzene rings is 2. The van der Waals surface area contributed by atoms with Crippen LogP contribution in [0, 0.1) is 32.4 Å². The summed E-state index contributed by atoms with van der Waals surface area (Å²) in [7, 11) is 1.92. The zero-order valence-electron chi connectivity index (χ0n) is 16.9. The third kappa shape index (κ3) is 5.25. The van der Waals surface area contributed by atoms with Gasteiger partial charge in [-0.05, 0) is 50.1 Å². The molecule has 0 spiro atoms. The molecule has 152 valence electrons. The third-order valence-electron chi connectivity index (χ3n) is 4.62. The van der Waals surface area contributed by atoms with Gasteiger partial charge in [0.2, 0.25) is 0 Å².